The van der Waals surface area contributed by atoms with Crippen molar-refractivity contribution in [3.05, 3.63) is 41.3 Å². The molecule has 0 aromatic carbocycles. The third-order valence-corrected chi connectivity index (χ3v) is 5.05. The summed E-state index contributed by atoms with van der Waals surface area (Å²) in [5, 5.41) is 9.32. The Hall–Kier alpha value is -1.99. The maximum atomic E-state index is 5.69. The van der Waals surface area contributed by atoms with Gasteiger partial charge in [-0.15, -0.1) is 21.5 Å². The highest BCUT2D eigenvalue weighted by molar-refractivity contribution is 7.15. The van der Waals surface area contributed by atoms with Crippen LogP contribution < -0.4 is 5.73 Å². The summed E-state index contributed by atoms with van der Waals surface area (Å²) < 4.78 is 2.12. The molecule has 3 aromatic heterocycles. The molecule has 3 aromatic rings. The third kappa shape index (κ3) is 2.57. The SMILES string of the molecule is Nc1ncc(CN2CCC(c3nnc4ccccn34)CC2)s1. The van der Waals surface area contributed by atoms with Gasteiger partial charge in [-0.2, -0.15) is 0 Å². The number of piperidine rings is 1. The quantitative estimate of drug-likeness (QED) is 0.802. The van der Waals surface area contributed by atoms with Crippen LogP contribution in [0.2, 0.25) is 0 Å². The number of hydrogen-bond acceptors (Lipinski definition) is 6. The molecule has 0 unspecified atom stereocenters. The van der Waals surface area contributed by atoms with Crippen LogP contribution in [-0.2, 0) is 6.54 Å². The summed E-state index contributed by atoms with van der Waals surface area (Å²) in [5.41, 5.74) is 6.62. The Morgan fingerprint density at radius 1 is 1.23 bits per heavy atom. The third-order valence-electron chi connectivity index (χ3n) is 4.24. The van der Waals surface area contributed by atoms with E-state index >= 15 is 0 Å². The molecule has 1 saturated heterocycles. The van der Waals surface area contributed by atoms with E-state index in [-0.39, 0.29) is 0 Å². The molecular weight excluding hydrogens is 296 g/mol. The zero-order valence-corrected chi connectivity index (χ0v) is 13.0. The van der Waals surface area contributed by atoms with Crippen molar-refractivity contribution < 1.29 is 0 Å². The van der Waals surface area contributed by atoms with E-state index in [1.165, 1.54) is 4.88 Å². The van der Waals surface area contributed by atoms with Crippen LogP contribution in [0.1, 0.15) is 29.5 Å². The van der Waals surface area contributed by atoms with Crippen molar-refractivity contribution in [2.45, 2.75) is 25.3 Å². The molecule has 1 aliphatic rings. The van der Waals surface area contributed by atoms with Crippen molar-refractivity contribution in [3.63, 3.8) is 0 Å². The standard InChI is InChI=1S/C15H18N6S/c16-15-17-9-12(22-15)10-20-7-4-11(5-8-20)14-19-18-13-3-1-2-6-21(13)14/h1-3,6,9,11H,4-5,7-8,10H2,(H2,16,17). The van der Waals surface area contributed by atoms with Crippen molar-refractivity contribution in [2.75, 3.05) is 18.8 Å². The highest BCUT2D eigenvalue weighted by Crippen LogP contribution is 2.28. The van der Waals surface area contributed by atoms with E-state index in [1.807, 2.05) is 24.4 Å². The van der Waals surface area contributed by atoms with E-state index in [1.54, 1.807) is 11.3 Å². The first-order chi connectivity index (χ1) is 10.8. The van der Waals surface area contributed by atoms with Crippen molar-refractivity contribution in [1.82, 2.24) is 24.5 Å². The van der Waals surface area contributed by atoms with Crippen LogP contribution in [0.3, 0.4) is 0 Å². The van der Waals surface area contributed by atoms with Crippen molar-refractivity contribution >= 4 is 22.1 Å². The monoisotopic (exact) mass is 314 g/mol. The minimum atomic E-state index is 0.486. The molecule has 1 aliphatic heterocycles. The summed E-state index contributed by atoms with van der Waals surface area (Å²) in [5.74, 6) is 1.58. The van der Waals surface area contributed by atoms with Crippen LogP contribution in [0.4, 0.5) is 5.13 Å². The maximum absolute atomic E-state index is 5.69. The van der Waals surface area contributed by atoms with Crippen LogP contribution in [0.25, 0.3) is 5.65 Å². The fraction of sp³-hybridized carbons (Fsp3) is 0.400. The Morgan fingerprint density at radius 3 is 2.86 bits per heavy atom. The number of pyridine rings is 1. The first-order valence-corrected chi connectivity index (χ1v) is 8.33. The summed E-state index contributed by atoms with van der Waals surface area (Å²) >= 11 is 1.58. The second kappa shape index (κ2) is 5.66. The van der Waals surface area contributed by atoms with Gasteiger partial charge in [0, 0.05) is 29.7 Å². The van der Waals surface area contributed by atoms with Gasteiger partial charge in [-0.05, 0) is 38.1 Å². The zero-order valence-electron chi connectivity index (χ0n) is 12.2. The lowest BCUT2D eigenvalue weighted by Gasteiger charge is -2.30. The second-order valence-electron chi connectivity index (χ2n) is 5.70. The van der Waals surface area contributed by atoms with Gasteiger partial charge in [0.15, 0.2) is 10.8 Å². The molecule has 0 bridgehead atoms. The van der Waals surface area contributed by atoms with Crippen LogP contribution in [0.15, 0.2) is 30.6 Å². The smallest absolute Gasteiger partial charge is 0.180 e. The van der Waals surface area contributed by atoms with Gasteiger partial charge in [-0.3, -0.25) is 9.30 Å². The van der Waals surface area contributed by atoms with Gasteiger partial charge in [0.1, 0.15) is 5.82 Å². The largest absolute Gasteiger partial charge is 0.375 e. The van der Waals surface area contributed by atoms with Crippen LogP contribution >= 0.6 is 11.3 Å². The molecule has 0 atom stereocenters. The van der Waals surface area contributed by atoms with Gasteiger partial charge < -0.3 is 5.73 Å². The normalized spacial score (nSPS) is 17.3. The number of anilines is 1. The Balaban J connectivity index is 1.43. The lowest BCUT2D eigenvalue weighted by atomic mass is 9.96. The van der Waals surface area contributed by atoms with Crippen molar-refractivity contribution in [3.8, 4) is 0 Å². The van der Waals surface area contributed by atoms with E-state index in [4.69, 9.17) is 5.73 Å². The molecule has 0 aliphatic carbocycles. The van der Waals surface area contributed by atoms with Crippen LogP contribution in [-0.4, -0.2) is 37.6 Å². The van der Waals surface area contributed by atoms with Gasteiger partial charge in [-0.1, -0.05) is 6.07 Å². The van der Waals surface area contributed by atoms with Crippen molar-refractivity contribution in [1.29, 1.82) is 0 Å². The number of rotatable bonds is 3. The Bertz CT molecular complexity index is 771. The highest BCUT2D eigenvalue weighted by atomic mass is 32.1. The predicted molar refractivity (Wildman–Crippen MR) is 86.8 cm³/mol. The number of nitrogens with two attached hydrogens (primary N) is 1. The Kier molecular flexibility index (Phi) is 3.51. The van der Waals surface area contributed by atoms with Gasteiger partial charge in [-0.25, -0.2) is 4.98 Å². The highest BCUT2D eigenvalue weighted by Gasteiger charge is 2.24. The molecule has 0 radical (unpaired) electrons. The molecule has 0 amide bonds. The molecule has 1 fully saturated rings. The average Bonchev–Trinajstić information content (AvgIpc) is 3.14. The summed E-state index contributed by atoms with van der Waals surface area (Å²) in [6.45, 7) is 3.09. The molecule has 0 spiro atoms. The number of likely N-dealkylation sites (tertiary alicyclic amines) is 1. The predicted octanol–water partition coefficient (Wildman–Crippen LogP) is 2.15. The number of thiazole rings is 1. The molecule has 2 N–H and O–H groups in total. The molecule has 114 valence electrons. The van der Waals surface area contributed by atoms with Crippen LogP contribution in [0.5, 0.6) is 0 Å². The fourth-order valence-corrected chi connectivity index (χ4v) is 3.83. The molecule has 7 heteroatoms. The average molecular weight is 314 g/mol. The van der Waals surface area contributed by atoms with E-state index in [9.17, 15) is 0 Å². The first kappa shape index (κ1) is 13.7. The van der Waals surface area contributed by atoms with Gasteiger partial charge in [0.05, 0.1) is 0 Å². The summed E-state index contributed by atoms with van der Waals surface area (Å²) in [7, 11) is 0. The van der Waals surface area contributed by atoms with E-state index < -0.39 is 0 Å². The fourth-order valence-electron chi connectivity index (χ4n) is 3.10. The van der Waals surface area contributed by atoms with E-state index in [0.717, 1.165) is 43.9 Å². The molecule has 6 nitrogen and oxygen atoms in total. The number of aromatic nitrogens is 4. The summed E-state index contributed by atoms with van der Waals surface area (Å²) in [6, 6.07) is 6.03. The Labute approximate surface area is 132 Å². The summed E-state index contributed by atoms with van der Waals surface area (Å²) in [4.78, 5) is 7.82. The van der Waals surface area contributed by atoms with E-state index in [0.29, 0.717) is 11.0 Å². The van der Waals surface area contributed by atoms with Crippen molar-refractivity contribution in [2.24, 2.45) is 0 Å². The molecule has 4 heterocycles. The maximum Gasteiger partial charge on any atom is 0.180 e. The van der Waals surface area contributed by atoms with Gasteiger partial charge in [0.2, 0.25) is 0 Å². The number of nitrogens with zero attached hydrogens (tertiary/aromatic N) is 5. The minimum absolute atomic E-state index is 0.486. The topological polar surface area (TPSA) is 72.3 Å². The summed E-state index contributed by atoms with van der Waals surface area (Å²) in [6.07, 6.45) is 6.17. The molecule has 0 saturated carbocycles. The second-order valence-corrected chi connectivity index (χ2v) is 6.85. The molecule has 22 heavy (non-hydrogen) atoms. The van der Waals surface area contributed by atoms with Gasteiger partial charge >= 0.3 is 0 Å². The number of fused-ring (bicyclic) bond motifs is 1. The van der Waals surface area contributed by atoms with Gasteiger partial charge in [0.25, 0.3) is 0 Å². The molecule has 4 rings (SSSR count). The van der Waals surface area contributed by atoms with E-state index in [2.05, 4.69) is 30.7 Å². The molecular formula is C15H18N6S. The zero-order chi connectivity index (χ0) is 14.9. The van der Waals surface area contributed by atoms with Crippen LogP contribution in [0, 0.1) is 0 Å². The Morgan fingerprint density at radius 2 is 2.09 bits per heavy atom. The minimum Gasteiger partial charge on any atom is -0.375 e. The number of hydrogen-bond donors (Lipinski definition) is 1. The number of nitrogen functional groups attached to an aromatic ring is 1. The lowest BCUT2D eigenvalue weighted by molar-refractivity contribution is 0.203. The lowest BCUT2D eigenvalue weighted by Crippen LogP contribution is -2.32. The first-order valence-electron chi connectivity index (χ1n) is 7.52.